The standard InChI is InChI=1S/C12H14N4O/c13-11(9-4-2-1-3-5-9)12(17)15-7-10-6-14-8-16-10/h1-6,8,11H,7,13H2,(H,14,16)(H,15,17)/t11-/m0/s1. The van der Waals surface area contributed by atoms with Gasteiger partial charge < -0.3 is 16.0 Å². The third kappa shape index (κ3) is 2.92. The molecule has 0 radical (unpaired) electrons. The minimum Gasteiger partial charge on any atom is -0.349 e. The van der Waals surface area contributed by atoms with Crippen LogP contribution in [-0.4, -0.2) is 15.9 Å². The maximum absolute atomic E-state index is 11.8. The number of H-pyrrole nitrogens is 1. The fourth-order valence-corrected chi connectivity index (χ4v) is 1.49. The molecule has 1 amide bonds. The second-order valence-electron chi connectivity index (χ2n) is 3.68. The molecule has 0 bridgehead atoms. The molecule has 1 atom stereocenters. The molecule has 1 aromatic carbocycles. The molecule has 0 aliphatic heterocycles. The predicted octanol–water partition coefficient (Wildman–Crippen LogP) is 0.726. The third-order valence-corrected chi connectivity index (χ3v) is 2.45. The van der Waals surface area contributed by atoms with Gasteiger partial charge in [-0.2, -0.15) is 0 Å². The molecule has 4 N–H and O–H groups in total. The van der Waals surface area contributed by atoms with Crippen molar-refractivity contribution in [3.63, 3.8) is 0 Å². The number of nitrogens with zero attached hydrogens (tertiary/aromatic N) is 1. The van der Waals surface area contributed by atoms with Crippen LogP contribution in [0.1, 0.15) is 17.3 Å². The molecule has 88 valence electrons. The summed E-state index contributed by atoms with van der Waals surface area (Å²) in [5.41, 5.74) is 7.49. The first-order valence-electron chi connectivity index (χ1n) is 5.33. The monoisotopic (exact) mass is 230 g/mol. The van der Waals surface area contributed by atoms with Gasteiger partial charge in [-0.05, 0) is 5.56 Å². The van der Waals surface area contributed by atoms with Crippen LogP contribution in [0, 0.1) is 0 Å². The Balaban J connectivity index is 1.92. The number of hydrogen-bond acceptors (Lipinski definition) is 3. The van der Waals surface area contributed by atoms with Gasteiger partial charge in [0.25, 0.3) is 0 Å². The largest absolute Gasteiger partial charge is 0.349 e. The number of imidazole rings is 1. The Morgan fingerprint density at radius 3 is 2.82 bits per heavy atom. The van der Waals surface area contributed by atoms with Gasteiger partial charge in [0.05, 0.1) is 18.6 Å². The summed E-state index contributed by atoms with van der Waals surface area (Å²) in [6.07, 6.45) is 3.23. The minimum atomic E-state index is -0.640. The maximum atomic E-state index is 11.8. The predicted molar refractivity (Wildman–Crippen MR) is 63.8 cm³/mol. The summed E-state index contributed by atoms with van der Waals surface area (Å²) in [5.74, 6) is -0.203. The van der Waals surface area contributed by atoms with Crippen molar-refractivity contribution in [2.75, 3.05) is 0 Å². The van der Waals surface area contributed by atoms with E-state index in [1.807, 2.05) is 30.3 Å². The molecule has 0 saturated carbocycles. The van der Waals surface area contributed by atoms with E-state index in [0.717, 1.165) is 11.3 Å². The highest BCUT2D eigenvalue weighted by Crippen LogP contribution is 2.09. The number of aromatic amines is 1. The number of rotatable bonds is 4. The first-order valence-corrected chi connectivity index (χ1v) is 5.33. The SMILES string of the molecule is N[C@H](C(=O)NCc1cnc[nH]1)c1ccccc1. The van der Waals surface area contributed by atoms with E-state index in [-0.39, 0.29) is 5.91 Å². The zero-order valence-electron chi connectivity index (χ0n) is 9.26. The topological polar surface area (TPSA) is 83.8 Å². The van der Waals surface area contributed by atoms with E-state index < -0.39 is 6.04 Å². The average Bonchev–Trinajstić information content (AvgIpc) is 2.89. The molecule has 1 heterocycles. The number of amides is 1. The number of carbonyl (C=O) groups excluding carboxylic acids is 1. The molecule has 5 heteroatoms. The van der Waals surface area contributed by atoms with E-state index in [4.69, 9.17) is 5.73 Å². The molecular formula is C12H14N4O. The zero-order chi connectivity index (χ0) is 12.1. The Bertz CT molecular complexity index is 467. The van der Waals surface area contributed by atoms with Gasteiger partial charge in [0.1, 0.15) is 6.04 Å². The molecule has 2 aromatic rings. The third-order valence-electron chi connectivity index (χ3n) is 2.45. The van der Waals surface area contributed by atoms with Gasteiger partial charge in [0.2, 0.25) is 5.91 Å². The van der Waals surface area contributed by atoms with Gasteiger partial charge in [-0.25, -0.2) is 4.98 Å². The van der Waals surface area contributed by atoms with E-state index in [1.165, 1.54) is 0 Å². The Labute approximate surface area is 99.1 Å². The van der Waals surface area contributed by atoms with Crippen molar-refractivity contribution in [2.24, 2.45) is 5.73 Å². The Hall–Kier alpha value is -2.14. The molecule has 0 saturated heterocycles. The number of aromatic nitrogens is 2. The Morgan fingerprint density at radius 1 is 1.41 bits per heavy atom. The normalized spacial score (nSPS) is 12.1. The van der Waals surface area contributed by atoms with Crippen LogP contribution in [0.25, 0.3) is 0 Å². The van der Waals surface area contributed by atoms with E-state index in [2.05, 4.69) is 15.3 Å². The van der Waals surface area contributed by atoms with Gasteiger partial charge in [-0.15, -0.1) is 0 Å². The number of hydrogen-bond donors (Lipinski definition) is 3. The van der Waals surface area contributed by atoms with Crippen LogP contribution in [0.4, 0.5) is 0 Å². The molecule has 0 aliphatic carbocycles. The molecule has 0 unspecified atom stereocenters. The smallest absolute Gasteiger partial charge is 0.241 e. The summed E-state index contributed by atoms with van der Waals surface area (Å²) in [7, 11) is 0. The van der Waals surface area contributed by atoms with Crippen LogP contribution in [0.15, 0.2) is 42.9 Å². The highest BCUT2D eigenvalue weighted by Gasteiger charge is 2.14. The Kier molecular flexibility index (Phi) is 3.52. The number of carbonyl (C=O) groups is 1. The fraction of sp³-hybridized carbons (Fsp3) is 0.167. The van der Waals surface area contributed by atoms with E-state index in [0.29, 0.717) is 6.54 Å². The molecule has 0 fully saturated rings. The maximum Gasteiger partial charge on any atom is 0.241 e. The lowest BCUT2D eigenvalue weighted by Crippen LogP contribution is -2.33. The fourth-order valence-electron chi connectivity index (χ4n) is 1.49. The molecule has 17 heavy (non-hydrogen) atoms. The molecule has 1 aromatic heterocycles. The van der Waals surface area contributed by atoms with Crippen molar-refractivity contribution in [1.82, 2.24) is 15.3 Å². The van der Waals surface area contributed by atoms with Crippen molar-refractivity contribution in [3.05, 3.63) is 54.1 Å². The van der Waals surface area contributed by atoms with Gasteiger partial charge in [-0.1, -0.05) is 30.3 Å². The molecule has 0 spiro atoms. The summed E-state index contributed by atoms with van der Waals surface area (Å²) in [6, 6.07) is 8.63. The van der Waals surface area contributed by atoms with E-state index >= 15 is 0 Å². The van der Waals surface area contributed by atoms with Gasteiger partial charge in [0, 0.05) is 6.20 Å². The molecule has 2 rings (SSSR count). The van der Waals surface area contributed by atoms with Crippen LogP contribution < -0.4 is 11.1 Å². The summed E-state index contributed by atoms with van der Waals surface area (Å²) < 4.78 is 0. The van der Waals surface area contributed by atoms with E-state index in [1.54, 1.807) is 12.5 Å². The van der Waals surface area contributed by atoms with Gasteiger partial charge >= 0.3 is 0 Å². The van der Waals surface area contributed by atoms with Crippen LogP contribution in [0.3, 0.4) is 0 Å². The van der Waals surface area contributed by atoms with Crippen LogP contribution in [-0.2, 0) is 11.3 Å². The quantitative estimate of drug-likeness (QED) is 0.723. The summed E-state index contributed by atoms with van der Waals surface area (Å²) in [4.78, 5) is 18.5. The minimum absolute atomic E-state index is 0.203. The highest BCUT2D eigenvalue weighted by molar-refractivity contribution is 5.82. The molecule has 0 aliphatic rings. The zero-order valence-corrected chi connectivity index (χ0v) is 9.26. The van der Waals surface area contributed by atoms with Crippen molar-refractivity contribution in [2.45, 2.75) is 12.6 Å². The Morgan fingerprint density at radius 2 is 2.18 bits per heavy atom. The first-order chi connectivity index (χ1) is 8.27. The molecule has 5 nitrogen and oxygen atoms in total. The van der Waals surface area contributed by atoms with Crippen molar-refractivity contribution < 1.29 is 4.79 Å². The van der Waals surface area contributed by atoms with Crippen LogP contribution in [0.2, 0.25) is 0 Å². The van der Waals surface area contributed by atoms with E-state index in [9.17, 15) is 4.79 Å². The van der Waals surface area contributed by atoms with Gasteiger partial charge in [-0.3, -0.25) is 4.79 Å². The molecular weight excluding hydrogens is 216 g/mol. The number of benzene rings is 1. The summed E-state index contributed by atoms with van der Waals surface area (Å²) in [6.45, 7) is 0.402. The van der Waals surface area contributed by atoms with Crippen LogP contribution >= 0.6 is 0 Å². The second kappa shape index (κ2) is 5.27. The lowest BCUT2D eigenvalue weighted by atomic mass is 10.1. The summed E-state index contributed by atoms with van der Waals surface area (Å²) >= 11 is 0. The van der Waals surface area contributed by atoms with Crippen LogP contribution in [0.5, 0.6) is 0 Å². The lowest BCUT2D eigenvalue weighted by Gasteiger charge is -2.11. The average molecular weight is 230 g/mol. The first kappa shape index (κ1) is 11.3. The number of nitrogens with one attached hydrogen (secondary N) is 2. The summed E-state index contributed by atoms with van der Waals surface area (Å²) in [5, 5.41) is 2.75. The second-order valence-corrected chi connectivity index (χ2v) is 3.68. The van der Waals surface area contributed by atoms with Crippen molar-refractivity contribution in [3.8, 4) is 0 Å². The number of nitrogens with two attached hydrogens (primary N) is 1. The van der Waals surface area contributed by atoms with Gasteiger partial charge in [0.15, 0.2) is 0 Å². The lowest BCUT2D eigenvalue weighted by molar-refractivity contribution is -0.122. The van der Waals surface area contributed by atoms with Crippen molar-refractivity contribution >= 4 is 5.91 Å². The van der Waals surface area contributed by atoms with Crippen molar-refractivity contribution in [1.29, 1.82) is 0 Å². The highest BCUT2D eigenvalue weighted by atomic mass is 16.2.